The molecule has 18 heavy (non-hydrogen) atoms. The molecule has 0 bridgehead atoms. The summed E-state index contributed by atoms with van der Waals surface area (Å²) in [5.74, 6) is 0.595. The maximum absolute atomic E-state index is 11.0. The molecule has 1 aromatic heterocycles. The molecule has 0 saturated heterocycles. The van der Waals surface area contributed by atoms with Crippen LogP contribution in [0.2, 0.25) is 0 Å². The van der Waals surface area contributed by atoms with Crippen LogP contribution in [0.3, 0.4) is 0 Å². The van der Waals surface area contributed by atoms with Gasteiger partial charge in [0.1, 0.15) is 11.5 Å². The molecule has 0 aliphatic rings. The van der Waals surface area contributed by atoms with E-state index in [0.29, 0.717) is 11.5 Å². The van der Waals surface area contributed by atoms with Crippen LogP contribution >= 0.6 is 0 Å². The van der Waals surface area contributed by atoms with Crippen molar-refractivity contribution in [1.82, 2.24) is 4.98 Å². The zero-order chi connectivity index (χ0) is 13.1. The number of para-hydroxylation sites is 1. The number of benzene rings is 1. The molecule has 1 heterocycles. The number of nitrogens with one attached hydrogen (secondary N) is 1. The van der Waals surface area contributed by atoms with Crippen molar-refractivity contribution in [3.63, 3.8) is 0 Å². The number of hydrogen-bond donors (Lipinski definition) is 1. The molecule has 2 rings (SSSR count). The van der Waals surface area contributed by atoms with E-state index >= 15 is 0 Å². The summed E-state index contributed by atoms with van der Waals surface area (Å²) in [6.45, 7) is 3.76. The minimum Gasteiger partial charge on any atom is -0.334 e. The fourth-order valence-electron chi connectivity index (χ4n) is 1.64. The normalized spacial score (nSPS) is 10.1. The minimum absolute atomic E-state index is 0.0531. The Morgan fingerprint density at radius 2 is 2.00 bits per heavy atom. The van der Waals surface area contributed by atoms with Gasteiger partial charge in [0.25, 0.3) is 5.69 Å². The molecule has 0 spiro atoms. The maximum atomic E-state index is 11.0. The van der Waals surface area contributed by atoms with Crippen molar-refractivity contribution in [3.8, 4) is 0 Å². The second-order valence-corrected chi connectivity index (χ2v) is 4.07. The molecule has 0 aliphatic heterocycles. The highest BCUT2D eigenvalue weighted by Crippen LogP contribution is 2.29. The van der Waals surface area contributed by atoms with Crippen molar-refractivity contribution >= 4 is 17.2 Å². The number of hydrogen-bond acceptors (Lipinski definition) is 4. The van der Waals surface area contributed by atoms with Crippen molar-refractivity contribution in [3.05, 3.63) is 57.8 Å². The Bertz CT molecular complexity index is 579. The lowest BCUT2D eigenvalue weighted by molar-refractivity contribution is -0.384. The zero-order valence-corrected chi connectivity index (χ0v) is 10.2. The summed E-state index contributed by atoms with van der Waals surface area (Å²) in [5.41, 5.74) is 2.39. The molecule has 0 radical (unpaired) electrons. The molecule has 92 valence electrons. The highest BCUT2D eigenvalue weighted by atomic mass is 16.6. The summed E-state index contributed by atoms with van der Waals surface area (Å²) in [7, 11) is 0. The lowest BCUT2D eigenvalue weighted by Crippen LogP contribution is -2.00. The van der Waals surface area contributed by atoms with Crippen LogP contribution in [0, 0.1) is 24.0 Å². The molecule has 0 atom stereocenters. The van der Waals surface area contributed by atoms with E-state index in [2.05, 4.69) is 10.3 Å². The molecule has 1 aromatic carbocycles. The summed E-state index contributed by atoms with van der Waals surface area (Å²) in [4.78, 5) is 14.7. The second-order valence-electron chi connectivity index (χ2n) is 4.07. The number of aromatic nitrogens is 1. The minimum atomic E-state index is -0.399. The summed E-state index contributed by atoms with van der Waals surface area (Å²) in [5, 5.41) is 14.0. The largest absolute Gasteiger partial charge is 0.334 e. The van der Waals surface area contributed by atoms with E-state index in [1.54, 1.807) is 18.3 Å². The van der Waals surface area contributed by atoms with Crippen LogP contribution in [0.5, 0.6) is 0 Å². The van der Waals surface area contributed by atoms with Gasteiger partial charge in [-0.05, 0) is 31.0 Å². The van der Waals surface area contributed by atoms with Gasteiger partial charge in [-0.1, -0.05) is 18.2 Å². The van der Waals surface area contributed by atoms with Gasteiger partial charge in [0.2, 0.25) is 0 Å². The van der Waals surface area contributed by atoms with Gasteiger partial charge in [0.15, 0.2) is 0 Å². The van der Waals surface area contributed by atoms with E-state index in [1.165, 1.54) is 6.07 Å². The van der Waals surface area contributed by atoms with Crippen LogP contribution in [-0.4, -0.2) is 9.91 Å². The number of rotatable bonds is 3. The Hall–Kier alpha value is -2.43. The van der Waals surface area contributed by atoms with E-state index in [1.807, 2.05) is 26.0 Å². The lowest BCUT2D eigenvalue weighted by atomic mass is 10.1. The molecule has 2 aromatic rings. The smallest absolute Gasteiger partial charge is 0.292 e. The quantitative estimate of drug-likeness (QED) is 0.663. The summed E-state index contributed by atoms with van der Waals surface area (Å²) < 4.78 is 0. The van der Waals surface area contributed by atoms with Crippen LogP contribution < -0.4 is 5.32 Å². The van der Waals surface area contributed by atoms with Crippen molar-refractivity contribution in [2.75, 3.05) is 5.32 Å². The molecule has 0 saturated carbocycles. The molecule has 5 nitrogen and oxygen atoms in total. The third-order valence-corrected chi connectivity index (χ3v) is 2.61. The van der Waals surface area contributed by atoms with E-state index in [4.69, 9.17) is 0 Å². The van der Waals surface area contributed by atoms with Gasteiger partial charge in [-0.15, -0.1) is 0 Å². The van der Waals surface area contributed by atoms with Crippen molar-refractivity contribution < 1.29 is 4.92 Å². The Morgan fingerprint density at radius 1 is 1.22 bits per heavy atom. The molecule has 0 amide bonds. The number of anilines is 2. The van der Waals surface area contributed by atoms with Gasteiger partial charge in [-0.3, -0.25) is 10.1 Å². The van der Waals surface area contributed by atoms with Crippen molar-refractivity contribution in [1.29, 1.82) is 0 Å². The van der Waals surface area contributed by atoms with Crippen molar-refractivity contribution in [2.45, 2.75) is 13.8 Å². The van der Waals surface area contributed by atoms with E-state index in [-0.39, 0.29) is 5.69 Å². The average Bonchev–Trinajstić information content (AvgIpc) is 2.34. The molecule has 0 aliphatic carbocycles. The van der Waals surface area contributed by atoms with E-state index < -0.39 is 4.92 Å². The Kier molecular flexibility index (Phi) is 3.23. The predicted molar refractivity (Wildman–Crippen MR) is 70.1 cm³/mol. The van der Waals surface area contributed by atoms with Crippen LogP contribution in [-0.2, 0) is 0 Å². The first kappa shape index (κ1) is 12.0. The molecule has 1 N–H and O–H groups in total. The fourth-order valence-corrected chi connectivity index (χ4v) is 1.64. The molecule has 5 heteroatoms. The van der Waals surface area contributed by atoms with Gasteiger partial charge >= 0.3 is 0 Å². The van der Waals surface area contributed by atoms with E-state index in [0.717, 1.165) is 11.1 Å². The average molecular weight is 243 g/mol. The van der Waals surface area contributed by atoms with Gasteiger partial charge in [0.05, 0.1) is 4.92 Å². The monoisotopic (exact) mass is 243 g/mol. The molecular formula is C13H13N3O2. The maximum Gasteiger partial charge on any atom is 0.292 e. The predicted octanol–water partition coefficient (Wildman–Crippen LogP) is 3.35. The molecule has 0 unspecified atom stereocenters. The molecule has 0 fully saturated rings. The Labute approximate surface area is 105 Å². The van der Waals surface area contributed by atoms with E-state index in [9.17, 15) is 10.1 Å². The van der Waals surface area contributed by atoms with Crippen LogP contribution in [0.15, 0.2) is 36.5 Å². The number of nitro benzene ring substituents is 1. The topological polar surface area (TPSA) is 68.1 Å². The number of aryl methyl sites for hydroxylation is 2. The first-order valence-electron chi connectivity index (χ1n) is 5.51. The third-order valence-electron chi connectivity index (χ3n) is 2.61. The Morgan fingerprint density at radius 3 is 2.61 bits per heavy atom. The van der Waals surface area contributed by atoms with Crippen LogP contribution in [0.25, 0.3) is 0 Å². The number of nitrogens with zero attached hydrogens (tertiary/aromatic N) is 2. The number of pyridine rings is 1. The summed E-state index contributed by atoms with van der Waals surface area (Å²) in [6.07, 6.45) is 1.71. The summed E-state index contributed by atoms with van der Waals surface area (Å²) >= 11 is 0. The van der Waals surface area contributed by atoms with Gasteiger partial charge < -0.3 is 5.32 Å². The SMILES string of the molecule is Cc1ccc(Nc2c(C)cccc2[N+](=O)[O-])nc1. The first-order chi connectivity index (χ1) is 8.58. The van der Waals surface area contributed by atoms with Gasteiger partial charge in [-0.2, -0.15) is 0 Å². The second kappa shape index (κ2) is 4.83. The van der Waals surface area contributed by atoms with Gasteiger partial charge in [-0.25, -0.2) is 4.98 Å². The van der Waals surface area contributed by atoms with Gasteiger partial charge in [0, 0.05) is 12.3 Å². The lowest BCUT2D eigenvalue weighted by Gasteiger charge is -2.09. The van der Waals surface area contributed by atoms with Crippen LogP contribution in [0.1, 0.15) is 11.1 Å². The zero-order valence-electron chi connectivity index (χ0n) is 10.2. The fraction of sp³-hybridized carbons (Fsp3) is 0.154. The first-order valence-corrected chi connectivity index (χ1v) is 5.51. The highest BCUT2D eigenvalue weighted by Gasteiger charge is 2.15. The summed E-state index contributed by atoms with van der Waals surface area (Å²) in [6, 6.07) is 8.67. The van der Waals surface area contributed by atoms with Crippen molar-refractivity contribution in [2.24, 2.45) is 0 Å². The van der Waals surface area contributed by atoms with Crippen LogP contribution in [0.4, 0.5) is 17.2 Å². The highest BCUT2D eigenvalue weighted by molar-refractivity contribution is 5.71. The third kappa shape index (κ3) is 2.45. The Balaban J connectivity index is 2.39. The number of nitro groups is 1. The standard InChI is InChI=1S/C13H13N3O2/c1-9-6-7-12(14-8-9)15-13-10(2)4-3-5-11(13)16(17)18/h3-8H,1-2H3,(H,14,15). The molecular weight excluding hydrogens is 230 g/mol.